The monoisotopic (exact) mass is 300 g/mol. The Balaban J connectivity index is 2.82. The Labute approximate surface area is 122 Å². The van der Waals surface area contributed by atoms with Gasteiger partial charge in [0.05, 0.1) is 19.8 Å². The van der Waals surface area contributed by atoms with E-state index in [9.17, 15) is 15.0 Å². The van der Waals surface area contributed by atoms with E-state index in [0.717, 1.165) is 11.8 Å². The van der Waals surface area contributed by atoms with E-state index in [1.54, 1.807) is 18.2 Å². The number of aliphatic hydroxyl groups is 2. The Morgan fingerprint density at radius 1 is 1.35 bits per heavy atom. The second-order valence-corrected chi connectivity index (χ2v) is 5.36. The Hall–Kier alpha value is -1.24. The molecule has 0 aliphatic heterocycles. The normalized spacial score (nSPS) is 13.7. The number of ether oxygens (including phenoxy) is 2. The van der Waals surface area contributed by atoms with Gasteiger partial charge in [-0.2, -0.15) is 0 Å². The Kier molecular flexibility index (Phi) is 6.84. The molecule has 20 heavy (non-hydrogen) atoms. The summed E-state index contributed by atoms with van der Waals surface area (Å²) >= 11 is 0.979. The molecule has 0 radical (unpaired) electrons. The lowest BCUT2D eigenvalue weighted by Gasteiger charge is -2.19. The molecule has 1 aromatic carbocycles. The predicted molar refractivity (Wildman–Crippen MR) is 78.3 cm³/mol. The van der Waals surface area contributed by atoms with Gasteiger partial charge in [0.15, 0.2) is 16.6 Å². The number of methoxy groups -OCH3 is 1. The van der Waals surface area contributed by atoms with Gasteiger partial charge in [0.1, 0.15) is 6.10 Å². The zero-order valence-electron chi connectivity index (χ0n) is 11.8. The molecule has 0 saturated carbocycles. The molecule has 2 atom stereocenters. The number of thioether (sulfide) groups is 1. The first kappa shape index (κ1) is 16.8. The topological polar surface area (TPSA) is 76.0 Å². The first-order valence-electron chi connectivity index (χ1n) is 6.29. The lowest BCUT2D eigenvalue weighted by Crippen LogP contribution is -2.21. The van der Waals surface area contributed by atoms with E-state index in [1.807, 2.05) is 6.92 Å². The Bertz CT molecular complexity index is 449. The third kappa shape index (κ3) is 4.70. The summed E-state index contributed by atoms with van der Waals surface area (Å²) < 4.78 is 10.6. The van der Waals surface area contributed by atoms with Gasteiger partial charge >= 0.3 is 0 Å². The summed E-state index contributed by atoms with van der Waals surface area (Å²) in [5, 5.41) is 19.8. The van der Waals surface area contributed by atoms with Crippen LogP contribution in [0.1, 0.15) is 25.5 Å². The number of benzene rings is 1. The van der Waals surface area contributed by atoms with Crippen LogP contribution in [-0.2, 0) is 4.79 Å². The smallest absolute Gasteiger partial charge is 0.185 e. The van der Waals surface area contributed by atoms with E-state index in [-0.39, 0.29) is 10.9 Å². The average molecular weight is 300 g/mol. The quantitative estimate of drug-likeness (QED) is 0.799. The highest BCUT2D eigenvalue weighted by Crippen LogP contribution is 2.31. The van der Waals surface area contributed by atoms with Gasteiger partial charge < -0.3 is 19.7 Å². The first-order valence-corrected chi connectivity index (χ1v) is 7.28. The van der Waals surface area contributed by atoms with E-state index in [4.69, 9.17) is 9.47 Å². The van der Waals surface area contributed by atoms with Gasteiger partial charge in [-0.1, -0.05) is 17.8 Å². The third-order valence-electron chi connectivity index (χ3n) is 2.65. The number of hydrogen-bond donors (Lipinski definition) is 2. The van der Waals surface area contributed by atoms with E-state index in [2.05, 4.69) is 0 Å². The molecule has 0 saturated heterocycles. The molecule has 112 valence electrons. The Morgan fingerprint density at radius 3 is 2.60 bits per heavy atom. The molecule has 1 aromatic rings. The van der Waals surface area contributed by atoms with Crippen LogP contribution in [0.25, 0.3) is 0 Å². The SMILES string of the molecule is CCOc1ccc(C(O)C(O)CSC(C)=O)cc1OC. The minimum atomic E-state index is -1.08. The zero-order chi connectivity index (χ0) is 15.1. The van der Waals surface area contributed by atoms with Crippen molar-refractivity contribution in [1.82, 2.24) is 0 Å². The number of rotatable bonds is 7. The van der Waals surface area contributed by atoms with Gasteiger partial charge in [0.25, 0.3) is 0 Å². The van der Waals surface area contributed by atoms with Crippen molar-refractivity contribution in [3.8, 4) is 11.5 Å². The van der Waals surface area contributed by atoms with E-state index in [1.165, 1.54) is 14.0 Å². The van der Waals surface area contributed by atoms with Crippen LogP contribution >= 0.6 is 11.8 Å². The first-order chi connectivity index (χ1) is 9.49. The van der Waals surface area contributed by atoms with Gasteiger partial charge in [-0.05, 0) is 24.6 Å². The molecule has 0 bridgehead atoms. The van der Waals surface area contributed by atoms with Gasteiger partial charge in [-0.3, -0.25) is 4.79 Å². The zero-order valence-corrected chi connectivity index (χ0v) is 12.6. The molecule has 5 nitrogen and oxygen atoms in total. The molecule has 0 amide bonds. The van der Waals surface area contributed by atoms with Crippen molar-refractivity contribution < 1.29 is 24.5 Å². The second-order valence-electron chi connectivity index (χ2n) is 4.16. The summed E-state index contributed by atoms with van der Waals surface area (Å²) in [6, 6.07) is 4.98. The van der Waals surface area contributed by atoms with Crippen molar-refractivity contribution in [3.63, 3.8) is 0 Å². The number of aliphatic hydroxyl groups excluding tert-OH is 2. The molecule has 6 heteroatoms. The van der Waals surface area contributed by atoms with Crippen molar-refractivity contribution >= 4 is 16.9 Å². The lowest BCUT2D eigenvalue weighted by molar-refractivity contribution is -0.109. The molecule has 0 aromatic heterocycles. The highest BCUT2D eigenvalue weighted by Gasteiger charge is 2.20. The highest BCUT2D eigenvalue weighted by molar-refractivity contribution is 8.13. The van der Waals surface area contributed by atoms with Crippen LogP contribution in [0.2, 0.25) is 0 Å². The summed E-state index contributed by atoms with van der Waals surface area (Å²) in [6.45, 7) is 3.80. The highest BCUT2D eigenvalue weighted by atomic mass is 32.2. The maximum Gasteiger partial charge on any atom is 0.185 e. The number of carbonyl (C=O) groups excluding carboxylic acids is 1. The predicted octanol–water partition coefficient (Wildman–Crippen LogP) is 1.77. The largest absolute Gasteiger partial charge is 0.493 e. The molecule has 0 heterocycles. The number of hydrogen-bond acceptors (Lipinski definition) is 6. The summed E-state index contributed by atoms with van der Waals surface area (Å²) in [4.78, 5) is 10.9. The van der Waals surface area contributed by atoms with Crippen LogP contribution in [-0.4, -0.2) is 40.9 Å². The van der Waals surface area contributed by atoms with E-state index in [0.29, 0.717) is 23.7 Å². The van der Waals surface area contributed by atoms with Gasteiger partial charge in [0, 0.05) is 12.7 Å². The van der Waals surface area contributed by atoms with Crippen molar-refractivity contribution in [2.75, 3.05) is 19.5 Å². The van der Waals surface area contributed by atoms with Gasteiger partial charge in [0.2, 0.25) is 0 Å². The molecule has 0 fully saturated rings. The second kappa shape index (κ2) is 8.14. The van der Waals surface area contributed by atoms with Gasteiger partial charge in [-0.25, -0.2) is 0 Å². The van der Waals surface area contributed by atoms with Crippen molar-refractivity contribution in [3.05, 3.63) is 23.8 Å². The summed E-state index contributed by atoms with van der Waals surface area (Å²) in [6.07, 6.45) is -2.10. The van der Waals surface area contributed by atoms with Crippen LogP contribution in [0.3, 0.4) is 0 Å². The number of carbonyl (C=O) groups is 1. The van der Waals surface area contributed by atoms with Crippen LogP contribution < -0.4 is 9.47 Å². The average Bonchev–Trinajstić information content (AvgIpc) is 2.44. The molecule has 2 N–H and O–H groups in total. The van der Waals surface area contributed by atoms with Crippen LogP contribution in [0, 0.1) is 0 Å². The molecule has 0 aliphatic rings. The molecule has 0 spiro atoms. The third-order valence-corrected chi connectivity index (χ3v) is 3.57. The summed E-state index contributed by atoms with van der Waals surface area (Å²) in [5.41, 5.74) is 0.516. The maximum atomic E-state index is 10.9. The minimum absolute atomic E-state index is 0.0967. The summed E-state index contributed by atoms with van der Waals surface area (Å²) in [7, 11) is 1.51. The van der Waals surface area contributed by atoms with Gasteiger partial charge in [-0.15, -0.1) is 0 Å². The summed E-state index contributed by atoms with van der Waals surface area (Å²) in [5.74, 6) is 1.22. The van der Waals surface area contributed by atoms with Crippen LogP contribution in [0.15, 0.2) is 18.2 Å². The van der Waals surface area contributed by atoms with Crippen molar-refractivity contribution in [2.45, 2.75) is 26.1 Å². The fourth-order valence-corrected chi connectivity index (χ4v) is 2.25. The molecule has 2 unspecified atom stereocenters. The van der Waals surface area contributed by atoms with E-state index >= 15 is 0 Å². The molecular weight excluding hydrogens is 280 g/mol. The fraction of sp³-hybridized carbons (Fsp3) is 0.500. The van der Waals surface area contributed by atoms with Crippen molar-refractivity contribution in [1.29, 1.82) is 0 Å². The Morgan fingerprint density at radius 2 is 2.05 bits per heavy atom. The van der Waals surface area contributed by atoms with E-state index < -0.39 is 12.2 Å². The van der Waals surface area contributed by atoms with Crippen LogP contribution in [0.4, 0.5) is 0 Å². The van der Waals surface area contributed by atoms with Crippen molar-refractivity contribution in [2.24, 2.45) is 0 Å². The molecular formula is C14H20O5S. The fourth-order valence-electron chi connectivity index (χ4n) is 1.66. The minimum Gasteiger partial charge on any atom is -0.493 e. The lowest BCUT2D eigenvalue weighted by atomic mass is 10.0. The molecule has 0 aliphatic carbocycles. The molecule has 1 rings (SSSR count). The maximum absolute atomic E-state index is 10.9. The standard InChI is InChI=1S/C14H20O5S/c1-4-19-12-6-5-10(7-13(12)18-3)14(17)11(16)8-20-9(2)15/h5-7,11,14,16-17H,4,8H2,1-3H3. The van der Waals surface area contributed by atoms with Crippen LogP contribution in [0.5, 0.6) is 11.5 Å².